The molecular weight excluding hydrogens is 344 g/mol. The molecule has 0 saturated heterocycles. The molecular formula is C21H28N2O2S. The van der Waals surface area contributed by atoms with Crippen molar-refractivity contribution in [2.45, 2.75) is 44.0 Å². The van der Waals surface area contributed by atoms with Crippen molar-refractivity contribution in [3.8, 4) is 0 Å². The summed E-state index contributed by atoms with van der Waals surface area (Å²) in [6.07, 6.45) is 1.88. The Morgan fingerprint density at radius 3 is 2.42 bits per heavy atom. The van der Waals surface area contributed by atoms with Crippen LogP contribution in [0.25, 0.3) is 0 Å². The predicted octanol–water partition coefficient (Wildman–Crippen LogP) is 3.54. The summed E-state index contributed by atoms with van der Waals surface area (Å²) < 4.78 is 27.5. The zero-order valence-corrected chi connectivity index (χ0v) is 16.4. The van der Waals surface area contributed by atoms with Gasteiger partial charge in [0.2, 0.25) is 10.0 Å². The second-order valence-electron chi connectivity index (χ2n) is 7.27. The zero-order chi connectivity index (χ0) is 18.6. The van der Waals surface area contributed by atoms with Gasteiger partial charge >= 0.3 is 0 Å². The number of fused-ring (bicyclic) bond motifs is 1. The van der Waals surface area contributed by atoms with Gasteiger partial charge in [0, 0.05) is 19.6 Å². The van der Waals surface area contributed by atoms with Gasteiger partial charge < -0.3 is 0 Å². The van der Waals surface area contributed by atoms with E-state index in [0.717, 1.165) is 38.0 Å². The van der Waals surface area contributed by atoms with Gasteiger partial charge in [-0.15, -0.1) is 0 Å². The molecule has 1 aliphatic heterocycles. The van der Waals surface area contributed by atoms with Gasteiger partial charge in [-0.1, -0.05) is 50.2 Å². The highest BCUT2D eigenvalue weighted by molar-refractivity contribution is 7.89. The molecule has 140 valence electrons. The van der Waals surface area contributed by atoms with Crippen LogP contribution < -0.4 is 4.72 Å². The van der Waals surface area contributed by atoms with E-state index in [4.69, 9.17) is 0 Å². The van der Waals surface area contributed by atoms with E-state index >= 15 is 0 Å². The SMILES string of the molecule is CC(C)c1ccc(S(=O)(=O)NCCCN2CCc3ccccc3C2)cc1. The van der Waals surface area contributed by atoms with Crippen LogP contribution in [0.3, 0.4) is 0 Å². The standard InChI is InChI=1S/C21H28N2O2S/c1-17(2)18-8-10-21(11-9-18)26(24,25)22-13-5-14-23-15-12-19-6-3-4-7-20(19)16-23/h3-4,6-11,17,22H,5,12-16H2,1-2H3. The maximum absolute atomic E-state index is 12.4. The highest BCUT2D eigenvalue weighted by atomic mass is 32.2. The summed E-state index contributed by atoms with van der Waals surface area (Å²) in [5.74, 6) is 0.398. The molecule has 0 unspecified atom stereocenters. The van der Waals surface area contributed by atoms with Crippen molar-refractivity contribution in [2.24, 2.45) is 0 Å². The average Bonchev–Trinajstić information content (AvgIpc) is 2.65. The van der Waals surface area contributed by atoms with Gasteiger partial charge in [0.05, 0.1) is 4.90 Å². The minimum Gasteiger partial charge on any atom is -0.299 e. The van der Waals surface area contributed by atoms with Crippen molar-refractivity contribution in [3.63, 3.8) is 0 Å². The van der Waals surface area contributed by atoms with Crippen molar-refractivity contribution in [1.29, 1.82) is 0 Å². The molecule has 1 aliphatic rings. The third kappa shape index (κ3) is 4.72. The molecule has 0 aromatic heterocycles. The maximum atomic E-state index is 12.4. The Hall–Kier alpha value is -1.69. The Kier molecular flexibility index (Phi) is 6.12. The maximum Gasteiger partial charge on any atom is 0.240 e. The van der Waals surface area contributed by atoms with Crippen molar-refractivity contribution in [3.05, 3.63) is 65.2 Å². The Bertz CT molecular complexity index is 829. The minimum absolute atomic E-state index is 0.341. The zero-order valence-electron chi connectivity index (χ0n) is 15.6. The fraction of sp³-hybridized carbons (Fsp3) is 0.429. The second kappa shape index (κ2) is 8.33. The molecule has 0 saturated carbocycles. The number of hydrogen-bond acceptors (Lipinski definition) is 3. The second-order valence-corrected chi connectivity index (χ2v) is 9.04. The molecule has 0 amide bonds. The first kappa shape index (κ1) is 19.1. The number of sulfonamides is 1. The smallest absolute Gasteiger partial charge is 0.240 e. The Morgan fingerprint density at radius 1 is 1.04 bits per heavy atom. The van der Waals surface area contributed by atoms with Crippen LogP contribution in [0.5, 0.6) is 0 Å². The van der Waals surface area contributed by atoms with Crippen LogP contribution in [0.15, 0.2) is 53.4 Å². The Balaban J connectivity index is 1.47. The van der Waals surface area contributed by atoms with E-state index in [-0.39, 0.29) is 0 Å². The summed E-state index contributed by atoms with van der Waals surface area (Å²) in [5, 5.41) is 0. The van der Waals surface area contributed by atoms with Crippen molar-refractivity contribution >= 4 is 10.0 Å². The third-order valence-electron chi connectivity index (χ3n) is 5.01. The van der Waals surface area contributed by atoms with Crippen LogP contribution >= 0.6 is 0 Å². The molecule has 0 spiro atoms. The van der Waals surface area contributed by atoms with Crippen LogP contribution in [0.4, 0.5) is 0 Å². The number of hydrogen-bond donors (Lipinski definition) is 1. The molecule has 0 aliphatic carbocycles. The molecule has 3 rings (SSSR count). The van der Waals surface area contributed by atoms with Gasteiger partial charge in [-0.05, 0) is 54.1 Å². The van der Waals surface area contributed by atoms with Crippen LogP contribution in [0.1, 0.15) is 42.9 Å². The fourth-order valence-electron chi connectivity index (χ4n) is 3.37. The first-order valence-corrected chi connectivity index (χ1v) is 10.8. The molecule has 0 atom stereocenters. The van der Waals surface area contributed by atoms with Gasteiger partial charge in [0.15, 0.2) is 0 Å². The van der Waals surface area contributed by atoms with E-state index in [1.54, 1.807) is 12.1 Å². The van der Waals surface area contributed by atoms with E-state index in [1.165, 1.54) is 11.1 Å². The lowest BCUT2D eigenvalue weighted by Gasteiger charge is -2.28. The van der Waals surface area contributed by atoms with Crippen LogP contribution in [-0.2, 0) is 23.0 Å². The highest BCUT2D eigenvalue weighted by Crippen LogP contribution is 2.19. The number of rotatable bonds is 7. The molecule has 5 heteroatoms. The lowest BCUT2D eigenvalue weighted by Crippen LogP contribution is -2.33. The summed E-state index contributed by atoms with van der Waals surface area (Å²) in [6.45, 7) is 7.57. The largest absolute Gasteiger partial charge is 0.299 e. The minimum atomic E-state index is -3.42. The van der Waals surface area contributed by atoms with Crippen LogP contribution in [0, 0.1) is 0 Å². The molecule has 0 fully saturated rings. The van der Waals surface area contributed by atoms with E-state index in [9.17, 15) is 8.42 Å². The highest BCUT2D eigenvalue weighted by Gasteiger charge is 2.16. The summed E-state index contributed by atoms with van der Waals surface area (Å²) in [5.41, 5.74) is 3.98. The van der Waals surface area contributed by atoms with Crippen molar-refractivity contribution in [2.75, 3.05) is 19.6 Å². The summed E-state index contributed by atoms with van der Waals surface area (Å²) in [7, 11) is -3.42. The van der Waals surface area contributed by atoms with Gasteiger partial charge in [0.25, 0.3) is 0 Å². The number of nitrogens with zero attached hydrogens (tertiary/aromatic N) is 1. The molecule has 0 radical (unpaired) electrons. The molecule has 4 nitrogen and oxygen atoms in total. The molecule has 1 heterocycles. The van der Waals surface area contributed by atoms with E-state index in [0.29, 0.717) is 17.4 Å². The molecule has 26 heavy (non-hydrogen) atoms. The Morgan fingerprint density at radius 2 is 1.73 bits per heavy atom. The lowest BCUT2D eigenvalue weighted by atomic mass is 10.00. The first-order chi connectivity index (χ1) is 12.5. The van der Waals surface area contributed by atoms with Crippen molar-refractivity contribution in [1.82, 2.24) is 9.62 Å². The molecule has 2 aromatic rings. The van der Waals surface area contributed by atoms with Crippen LogP contribution in [-0.4, -0.2) is 33.0 Å². The summed E-state index contributed by atoms with van der Waals surface area (Å²) >= 11 is 0. The van der Waals surface area contributed by atoms with Crippen molar-refractivity contribution < 1.29 is 8.42 Å². The van der Waals surface area contributed by atoms with E-state index in [2.05, 4.69) is 47.7 Å². The van der Waals surface area contributed by atoms with Crippen LogP contribution in [0.2, 0.25) is 0 Å². The third-order valence-corrected chi connectivity index (χ3v) is 6.49. The van der Waals surface area contributed by atoms with Gasteiger partial charge in [-0.2, -0.15) is 0 Å². The first-order valence-electron chi connectivity index (χ1n) is 9.34. The molecule has 2 aromatic carbocycles. The normalized spacial score (nSPS) is 15.2. The molecule has 1 N–H and O–H groups in total. The van der Waals surface area contributed by atoms with Gasteiger partial charge in [-0.3, -0.25) is 4.90 Å². The summed E-state index contributed by atoms with van der Waals surface area (Å²) in [6, 6.07) is 15.7. The van der Waals surface area contributed by atoms with E-state index < -0.39 is 10.0 Å². The number of nitrogens with one attached hydrogen (secondary N) is 1. The average molecular weight is 373 g/mol. The number of benzene rings is 2. The fourth-order valence-corrected chi connectivity index (χ4v) is 4.44. The quantitative estimate of drug-likeness (QED) is 0.757. The molecule has 0 bridgehead atoms. The monoisotopic (exact) mass is 372 g/mol. The summed E-state index contributed by atoms with van der Waals surface area (Å²) in [4.78, 5) is 2.74. The lowest BCUT2D eigenvalue weighted by molar-refractivity contribution is 0.251. The predicted molar refractivity (Wildman–Crippen MR) is 106 cm³/mol. The van der Waals surface area contributed by atoms with Gasteiger partial charge in [-0.25, -0.2) is 13.1 Å². The van der Waals surface area contributed by atoms with Gasteiger partial charge in [0.1, 0.15) is 0 Å². The topological polar surface area (TPSA) is 49.4 Å². The van der Waals surface area contributed by atoms with E-state index in [1.807, 2.05) is 12.1 Å². The Labute approximate surface area is 157 Å².